The Kier molecular flexibility index (Phi) is 4.35. The maximum absolute atomic E-state index is 6.11. The molecule has 1 aromatic rings. The van der Waals surface area contributed by atoms with E-state index in [0.29, 0.717) is 12.6 Å². The van der Waals surface area contributed by atoms with E-state index in [0.717, 1.165) is 24.3 Å². The highest BCUT2D eigenvalue weighted by Crippen LogP contribution is 2.35. The molecular weight excluding hydrogens is 238 g/mol. The molecule has 0 unspecified atom stereocenters. The summed E-state index contributed by atoms with van der Waals surface area (Å²) in [6, 6.07) is 6.15. The lowest BCUT2D eigenvalue weighted by atomic mass is 9.85. The van der Waals surface area contributed by atoms with Crippen LogP contribution in [-0.4, -0.2) is 19.8 Å². The standard InChI is InChI=1S/C16H25NO2/c1-16(2,11-17)12-8-9-14(18-3)15(10-12)19-13-6-4-5-7-13/h8-10,13H,4-7,11,17H2,1-3H3. The Morgan fingerprint density at radius 2 is 1.89 bits per heavy atom. The topological polar surface area (TPSA) is 44.5 Å². The molecule has 0 heterocycles. The maximum Gasteiger partial charge on any atom is 0.161 e. The molecule has 0 spiro atoms. The van der Waals surface area contributed by atoms with Crippen LogP contribution in [0.25, 0.3) is 0 Å². The van der Waals surface area contributed by atoms with E-state index in [2.05, 4.69) is 26.0 Å². The van der Waals surface area contributed by atoms with Crippen LogP contribution in [0.3, 0.4) is 0 Å². The Morgan fingerprint density at radius 3 is 2.47 bits per heavy atom. The third-order valence-corrected chi connectivity index (χ3v) is 4.05. The Bertz CT molecular complexity index is 423. The van der Waals surface area contributed by atoms with Crippen molar-refractivity contribution >= 4 is 0 Å². The number of nitrogens with two attached hydrogens (primary N) is 1. The minimum absolute atomic E-state index is 0.0416. The number of hydrogen-bond acceptors (Lipinski definition) is 3. The van der Waals surface area contributed by atoms with Crippen molar-refractivity contribution in [1.29, 1.82) is 0 Å². The molecule has 1 saturated carbocycles. The molecule has 0 radical (unpaired) electrons. The van der Waals surface area contributed by atoms with Crippen LogP contribution < -0.4 is 15.2 Å². The first-order valence-corrected chi connectivity index (χ1v) is 7.12. The minimum Gasteiger partial charge on any atom is -0.493 e. The van der Waals surface area contributed by atoms with E-state index in [1.807, 2.05) is 6.07 Å². The van der Waals surface area contributed by atoms with Gasteiger partial charge in [0.05, 0.1) is 13.2 Å². The van der Waals surface area contributed by atoms with Gasteiger partial charge in [0.1, 0.15) is 0 Å². The van der Waals surface area contributed by atoms with Gasteiger partial charge in [-0.3, -0.25) is 0 Å². The van der Waals surface area contributed by atoms with Crippen molar-refractivity contribution in [2.24, 2.45) is 5.73 Å². The zero-order valence-electron chi connectivity index (χ0n) is 12.2. The number of methoxy groups -OCH3 is 1. The molecule has 106 valence electrons. The third-order valence-electron chi connectivity index (χ3n) is 4.05. The van der Waals surface area contributed by atoms with Crippen LogP contribution >= 0.6 is 0 Å². The molecule has 1 aliphatic rings. The predicted octanol–water partition coefficient (Wildman–Crippen LogP) is 3.25. The summed E-state index contributed by atoms with van der Waals surface area (Å²) in [6.07, 6.45) is 5.16. The lowest BCUT2D eigenvalue weighted by molar-refractivity contribution is 0.200. The first kappa shape index (κ1) is 14.2. The molecule has 2 rings (SSSR count). The van der Waals surface area contributed by atoms with Crippen molar-refractivity contribution < 1.29 is 9.47 Å². The molecule has 0 aliphatic heterocycles. The molecule has 0 bridgehead atoms. The number of rotatable bonds is 5. The number of benzene rings is 1. The van der Waals surface area contributed by atoms with E-state index < -0.39 is 0 Å². The maximum atomic E-state index is 6.11. The molecule has 19 heavy (non-hydrogen) atoms. The Balaban J connectivity index is 2.25. The molecule has 2 N–H and O–H groups in total. The fraction of sp³-hybridized carbons (Fsp3) is 0.625. The van der Waals surface area contributed by atoms with E-state index in [4.69, 9.17) is 15.2 Å². The van der Waals surface area contributed by atoms with Crippen LogP contribution in [0.2, 0.25) is 0 Å². The van der Waals surface area contributed by atoms with Crippen molar-refractivity contribution in [3.8, 4) is 11.5 Å². The van der Waals surface area contributed by atoms with Gasteiger partial charge in [-0.2, -0.15) is 0 Å². The SMILES string of the molecule is COc1ccc(C(C)(C)CN)cc1OC1CCCC1. The number of hydrogen-bond donors (Lipinski definition) is 1. The zero-order chi connectivity index (χ0) is 13.9. The summed E-state index contributed by atoms with van der Waals surface area (Å²) in [5.74, 6) is 1.66. The third kappa shape index (κ3) is 3.21. The largest absolute Gasteiger partial charge is 0.493 e. The highest BCUT2D eigenvalue weighted by atomic mass is 16.5. The summed E-state index contributed by atoms with van der Waals surface area (Å²) in [5.41, 5.74) is 7.01. The van der Waals surface area contributed by atoms with Crippen LogP contribution in [0.5, 0.6) is 11.5 Å². The summed E-state index contributed by atoms with van der Waals surface area (Å²) >= 11 is 0. The second kappa shape index (κ2) is 5.83. The molecule has 1 fully saturated rings. The monoisotopic (exact) mass is 263 g/mol. The Hall–Kier alpha value is -1.22. The highest BCUT2D eigenvalue weighted by molar-refractivity contribution is 5.45. The molecular formula is C16H25NO2. The van der Waals surface area contributed by atoms with Crippen molar-refractivity contribution in [3.05, 3.63) is 23.8 Å². The molecule has 0 aromatic heterocycles. The molecule has 1 aromatic carbocycles. The van der Waals surface area contributed by atoms with Crippen LogP contribution in [0.15, 0.2) is 18.2 Å². The molecule has 3 heteroatoms. The van der Waals surface area contributed by atoms with Gasteiger partial charge in [0.2, 0.25) is 0 Å². The normalized spacial score (nSPS) is 16.6. The van der Waals surface area contributed by atoms with Crippen molar-refractivity contribution in [3.63, 3.8) is 0 Å². The fourth-order valence-electron chi connectivity index (χ4n) is 2.49. The van der Waals surface area contributed by atoms with Crippen molar-refractivity contribution in [2.75, 3.05) is 13.7 Å². The quantitative estimate of drug-likeness (QED) is 0.887. The van der Waals surface area contributed by atoms with E-state index >= 15 is 0 Å². The summed E-state index contributed by atoms with van der Waals surface area (Å²) < 4.78 is 11.5. The lowest BCUT2D eigenvalue weighted by Crippen LogP contribution is -2.28. The Morgan fingerprint density at radius 1 is 1.21 bits per heavy atom. The second-order valence-corrected chi connectivity index (χ2v) is 5.98. The van der Waals surface area contributed by atoms with Crippen LogP contribution in [-0.2, 0) is 5.41 Å². The van der Waals surface area contributed by atoms with Gasteiger partial charge < -0.3 is 15.2 Å². The van der Waals surface area contributed by atoms with Gasteiger partial charge in [-0.25, -0.2) is 0 Å². The van der Waals surface area contributed by atoms with Gasteiger partial charge >= 0.3 is 0 Å². The first-order valence-electron chi connectivity index (χ1n) is 7.12. The molecule has 0 atom stereocenters. The second-order valence-electron chi connectivity index (χ2n) is 5.98. The van der Waals surface area contributed by atoms with Crippen molar-refractivity contribution in [1.82, 2.24) is 0 Å². The van der Waals surface area contributed by atoms with Gasteiger partial charge in [0, 0.05) is 12.0 Å². The van der Waals surface area contributed by atoms with E-state index in [1.54, 1.807) is 7.11 Å². The van der Waals surface area contributed by atoms with Gasteiger partial charge in [-0.15, -0.1) is 0 Å². The molecule has 0 saturated heterocycles. The molecule has 0 amide bonds. The van der Waals surface area contributed by atoms with Gasteiger partial charge in [0.25, 0.3) is 0 Å². The summed E-state index contributed by atoms with van der Waals surface area (Å²) in [4.78, 5) is 0. The smallest absolute Gasteiger partial charge is 0.161 e. The van der Waals surface area contributed by atoms with Crippen LogP contribution in [0, 0.1) is 0 Å². The Labute approximate surface area is 116 Å². The zero-order valence-corrected chi connectivity index (χ0v) is 12.2. The van der Waals surface area contributed by atoms with E-state index in [9.17, 15) is 0 Å². The molecule has 1 aliphatic carbocycles. The fourth-order valence-corrected chi connectivity index (χ4v) is 2.49. The van der Waals surface area contributed by atoms with Gasteiger partial charge in [-0.1, -0.05) is 19.9 Å². The average molecular weight is 263 g/mol. The summed E-state index contributed by atoms with van der Waals surface area (Å²) in [5, 5.41) is 0. The summed E-state index contributed by atoms with van der Waals surface area (Å²) in [7, 11) is 1.69. The first-order chi connectivity index (χ1) is 9.06. The van der Waals surface area contributed by atoms with E-state index in [1.165, 1.54) is 18.4 Å². The highest BCUT2D eigenvalue weighted by Gasteiger charge is 2.23. The van der Waals surface area contributed by atoms with Crippen LogP contribution in [0.4, 0.5) is 0 Å². The average Bonchev–Trinajstić information content (AvgIpc) is 2.91. The minimum atomic E-state index is -0.0416. The van der Waals surface area contributed by atoms with Gasteiger partial charge in [-0.05, 0) is 43.4 Å². The lowest BCUT2D eigenvalue weighted by Gasteiger charge is -2.25. The predicted molar refractivity (Wildman–Crippen MR) is 78.0 cm³/mol. The summed E-state index contributed by atoms with van der Waals surface area (Å²) in [6.45, 7) is 4.91. The van der Waals surface area contributed by atoms with Crippen molar-refractivity contribution in [2.45, 2.75) is 51.0 Å². The number of ether oxygens (including phenoxy) is 2. The van der Waals surface area contributed by atoms with Gasteiger partial charge in [0.15, 0.2) is 11.5 Å². The van der Waals surface area contributed by atoms with E-state index in [-0.39, 0.29) is 5.41 Å². The molecule has 3 nitrogen and oxygen atoms in total. The van der Waals surface area contributed by atoms with Crippen LogP contribution in [0.1, 0.15) is 45.1 Å².